The number of carbonyl (C=O) groups is 1. The van der Waals surface area contributed by atoms with E-state index in [0.717, 1.165) is 18.4 Å². The lowest BCUT2D eigenvalue weighted by atomic mass is 10.1. The minimum absolute atomic E-state index is 0.226. The number of amides is 1. The quantitative estimate of drug-likeness (QED) is 0.733. The summed E-state index contributed by atoms with van der Waals surface area (Å²) in [7, 11) is 1.63. The van der Waals surface area contributed by atoms with E-state index in [1.807, 2.05) is 18.2 Å². The van der Waals surface area contributed by atoms with Crippen molar-refractivity contribution in [3.05, 3.63) is 48.0 Å². The van der Waals surface area contributed by atoms with Crippen LogP contribution in [0.25, 0.3) is 6.08 Å². The van der Waals surface area contributed by atoms with Crippen molar-refractivity contribution in [2.24, 2.45) is 0 Å². The summed E-state index contributed by atoms with van der Waals surface area (Å²) in [6.45, 7) is 1.04. The van der Waals surface area contributed by atoms with Gasteiger partial charge in [-0.15, -0.1) is 0 Å². The normalized spacial score (nSPS) is 16.0. The van der Waals surface area contributed by atoms with Crippen molar-refractivity contribution in [3.63, 3.8) is 0 Å². The van der Waals surface area contributed by atoms with Crippen molar-refractivity contribution in [2.75, 3.05) is 25.6 Å². The summed E-state index contributed by atoms with van der Waals surface area (Å²) >= 11 is 0. The maximum atomic E-state index is 12.3. The van der Waals surface area contributed by atoms with E-state index in [0.29, 0.717) is 41.9 Å². The lowest BCUT2D eigenvalue weighted by Gasteiger charge is -2.18. The molecule has 2 aromatic carbocycles. The molecular formula is C23H25NO5. The minimum Gasteiger partial charge on any atom is -0.493 e. The Kier molecular flexibility index (Phi) is 5.89. The molecule has 0 aromatic heterocycles. The van der Waals surface area contributed by atoms with Gasteiger partial charge in [-0.1, -0.05) is 6.07 Å². The molecule has 2 aliphatic rings. The second kappa shape index (κ2) is 8.90. The highest BCUT2D eigenvalue weighted by Gasteiger charge is 2.18. The van der Waals surface area contributed by atoms with Crippen LogP contribution < -0.4 is 24.3 Å². The molecule has 152 valence electrons. The number of carbonyl (C=O) groups excluding carboxylic acids is 1. The van der Waals surface area contributed by atoms with Crippen LogP contribution in [0.5, 0.6) is 23.0 Å². The first-order valence-corrected chi connectivity index (χ1v) is 9.95. The molecular weight excluding hydrogens is 370 g/mol. The fraction of sp³-hybridized carbons (Fsp3) is 0.348. The van der Waals surface area contributed by atoms with Crippen molar-refractivity contribution in [1.82, 2.24) is 0 Å². The zero-order valence-corrected chi connectivity index (χ0v) is 16.5. The van der Waals surface area contributed by atoms with E-state index in [1.54, 1.807) is 31.4 Å². The topological polar surface area (TPSA) is 66.0 Å². The summed E-state index contributed by atoms with van der Waals surface area (Å²) < 4.78 is 22.6. The average molecular weight is 395 g/mol. The number of hydrogen-bond donors (Lipinski definition) is 1. The Bertz CT molecular complexity index is 902. The lowest BCUT2D eigenvalue weighted by molar-refractivity contribution is -0.111. The fourth-order valence-electron chi connectivity index (χ4n) is 3.55. The van der Waals surface area contributed by atoms with E-state index in [2.05, 4.69) is 5.32 Å². The first kappa shape index (κ1) is 19.2. The van der Waals surface area contributed by atoms with Gasteiger partial charge >= 0.3 is 0 Å². The number of anilines is 1. The maximum absolute atomic E-state index is 12.3. The molecule has 0 atom stereocenters. The summed E-state index contributed by atoms with van der Waals surface area (Å²) in [4.78, 5) is 12.3. The Morgan fingerprint density at radius 3 is 2.62 bits per heavy atom. The van der Waals surface area contributed by atoms with E-state index in [4.69, 9.17) is 18.9 Å². The van der Waals surface area contributed by atoms with Crippen molar-refractivity contribution in [2.45, 2.75) is 31.8 Å². The lowest BCUT2D eigenvalue weighted by Crippen LogP contribution is -2.16. The van der Waals surface area contributed by atoms with Crippen LogP contribution in [0.2, 0.25) is 0 Å². The Hall–Kier alpha value is -3.15. The van der Waals surface area contributed by atoms with Gasteiger partial charge in [0.25, 0.3) is 0 Å². The number of benzene rings is 2. The molecule has 1 amide bonds. The molecule has 1 aliphatic carbocycles. The van der Waals surface area contributed by atoms with Gasteiger partial charge in [-0.2, -0.15) is 0 Å². The summed E-state index contributed by atoms with van der Waals surface area (Å²) in [5.41, 5.74) is 1.53. The predicted octanol–water partition coefficient (Wildman–Crippen LogP) is 4.44. The molecule has 0 saturated heterocycles. The third-order valence-corrected chi connectivity index (χ3v) is 5.02. The molecule has 1 fully saturated rings. The highest BCUT2D eigenvalue weighted by molar-refractivity contribution is 6.02. The van der Waals surface area contributed by atoms with Crippen LogP contribution in [0.3, 0.4) is 0 Å². The number of fused-ring (bicyclic) bond motifs is 1. The van der Waals surface area contributed by atoms with Crippen molar-refractivity contribution >= 4 is 17.7 Å². The summed E-state index contributed by atoms with van der Waals surface area (Å²) in [6.07, 6.45) is 8.04. The van der Waals surface area contributed by atoms with Crippen LogP contribution in [0.4, 0.5) is 5.69 Å². The molecule has 1 aliphatic heterocycles. The monoisotopic (exact) mass is 395 g/mol. The van der Waals surface area contributed by atoms with Crippen LogP contribution in [0.15, 0.2) is 42.5 Å². The zero-order chi connectivity index (χ0) is 20.1. The van der Waals surface area contributed by atoms with Gasteiger partial charge in [0.2, 0.25) is 5.91 Å². The summed E-state index contributed by atoms with van der Waals surface area (Å²) in [5, 5.41) is 2.84. The number of nitrogens with one attached hydrogen (secondary N) is 1. The molecule has 6 heteroatoms. The van der Waals surface area contributed by atoms with Crippen LogP contribution in [0, 0.1) is 0 Å². The van der Waals surface area contributed by atoms with Gasteiger partial charge in [-0.25, -0.2) is 0 Å². The number of ether oxygens (including phenoxy) is 4. The molecule has 4 rings (SSSR count). The minimum atomic E-state index is -0.226. The second-order valence-electron chi connectivity index (χ2n) is 7.12. The van der Waals surface area contributed by atoms with Crippen molar-refractivity contribution in [3.8, 4) is 23.0 Å². The third kappa shape index (κ3) is 4.83. The SMILES string of the molecule is COc1ccc(C=CC(=O)Nc2ccc3c(c2)OCCO3)cc1OC1CCCC1. The van der Waals surface area contributed by atoms with E-state index in [-0.39, 0.29) is 12.0 Å². The van der Waals surface area contributed by atoms with Gasteiger partial charge in [0, 0.05) is 17.8 Å². The molecule has 2 aromatic rings. The third-order valence-electron chi connectivity index (χ3n) is 5.02. The van der Waals surface area contributed by atoms with Gasteiger partial charge in [0.05, 0.1) is 13.2 Å². The van der Waals surface area contributed by atoms with Crippen LogP contribution in [0.1, 0.15) is 31.2 Å². The first-order chi connectivity index (χ1) is 14.2. The van der Waals surface area contributed by atoms with Gasteiger partial charge in [-0.05, 0) is 61.6 Å². The van der Waals surface area contributed by atoms with Gasteiger partial charge in [0.1, 0.15) is 13.2 Å². The Morgan fingerprint density at radius 1 is 1.03 bits per heavy atom. The summed E-state index contributed by atoms with van der Waals surface area (Å²) in [6, 6.07) is 11.0. The maximum Gasteiger partial charge on any atom is 0.248 e. The average Bonchev–Trinajstić information content (AvgIpc) is 3.25. The zero-order valence-electron chi connectivity index (χ0n) is 16.5. The van der Waals surface area contributed by atoms with Gasteiger partial charge < -0.3 is 24.3 Å². The van der Waals surface area contributed by atoms with Gasteiger partial charge in [0.15, 0.2) is 23.0 Å². The molecule has 29 heavy (non-hydrogen) atoms. The number of methoxy groups -OCH3 is 1. The van der Waals surface area contributed by atoms with Gasteiger partial charge in [-0.3, -0.25) is 4.79 Å². The molecule has 0 bridgehead atoms. The Morgan fingerprint density at radius 2 is 1.83 bits per heavy atom. The molecule has 1 N–H and O–H groups in total. The van der Waals surface area contributed by atoms with Crippen LogP contribution >= 0.6 is 0 Å². The van der Waals surface area contributed by atoms with E-state index in [9.17, 15) is 4.79 Å². The Labute approximate surface area is 170 Å². The number of rotatable bonds is 6. The van der Waals surface area contributed by atoms with Crippen LogP contribution in [-0.4, -0.2) is 32.3 Å². The predicted molar refractivity (Wildman–Crippen MR) is 111 cm³/mol. The Balaban J connectivity index is 1.42. The fourth-order valence-corrected chi connectivity index (χ4v) is 3.55. The molecule has 0 spiro atoms. The van der Waals surface area contributed by atoms with Crippen molar-refractivity contribution in [1.29, 1.82) is 0 Å². The molecule has 1 saturated carbocycles. The molecule has 0 radical (unpaired) electrons. The van der Waals surface area contributed by atoms with E-state index < -0.39 is 0 Å². The summed E-state index contributed by atoms with van der Waals surface area (Å²) in [5.74, 6) is 2.53. The first-order valence-electron chi connectivity index (χ1n) is 9.95. The largest absolute Gasteiger partial charge is 0.493 e. The standard InChI is InChI=1S/C23H25NO5/c1-26-19-9-6-16(14-22(19)29-18-4-2-3-5-18)7-11-23(25)24-17-8-10-20-21(15-17)28-13-12-27-20/h6-11,14-15,18H,2-5,12-13H2,1H3,(H,24,25). The highest BCUT2D eigenvalue weighted by Crippen LogP contribution is 2.34. The highest BCUT2D eigenvalue weighted by atomic mass is 16.6. The van der Waals surface area contributed by atoms with E-state index in [1.165, 1.54) is 18.9 Å². The smallest absolute Gasteiger partial charge is 0.248 e. The number of hydrogen-bond acceptors (Lipinski definition) is 5. The molecule has 1 heterocycles. The molecule has 0 unspecified atom stereocenters. The second-order valence-corrected chi connectivity index (χ2v) is 7.12. The molecule has 6 nitrogen and oxygen atoms in total. The van der Waals surface area contributed by atoms with E-state index >= 15 is 0 Å². The van der Waals surface area contributed by atoms with Crippen molar-refractivity contribution < 1.29 is 23.7 Å². The van der Waals surface area contributed by atoms with Crippen LogP contribution in [-0.2, 0) is 4.79 Å².